The van der Waals surface area contributed by atoms with Gasteiger partial charge in [0.15, 0.2) is 0 Å². The van der Waals surface area contributed by atoms with Gasteiger partial charge >= 0.3 is 0 Å². The van der Waals surface area contributed by atoms with Gasteiger partial charge < -0.3 is 5.32 Å². The van der Waals surface area contributed by atoms with Gasteiger partial charge in [-0.2, -0.15) is 0 Å². The molecule has 0 bridgehead atoms. The van der Waals surface area contributed by atoms with Crippen LogP contribution in [-0.4, -0.2) is 5.91 Å². The van der Waals surface area contributed by atoms with Gasteiger partial charge in [-0.3, -0.25) is 4.79 Å². The number of hydrogen-bond acceptors (Lipinski definition) is 1. The Bertz CT molecular complexity index is 727. The summed E-state index contributed by atoms with van der Waals surface area (Å²) in [5.74, 6) is -1.52. The fourth-order valence-corrected chi connectivity index (χ4v) is 2.92. The molecule has 0 heterocycles. The number of fused-ring (bicyclic) bond motifs is 1. The van der Waals surface area contributed by atoms with E-state index in [1.54, 1.807) is 13.0 Å². The molecular formula is C18H17F2NO. The van der Waals surface area contributed by atoms with Gasteiger partial charge in [-0.15, -0.1) is 0 Å². The van der Waals surface area contributed by atoms with Crippen molar-refractivity contribution in [3.8, 4) is 0 Å². The molecule has 2 aromatic carbocycles. The van der Waals surface area contributed by atoms with E-state index < -0.39 is 17.7 Å². The molecule has 0 unspecified atom stereocenters. The molecule has 1 aliphatic rings. The lowest BCUT2D eigenvalue weighted by Crippen LogP contribution is -2.27. The van der Waals surface area contributed by atoms with Crippen LogP contribution >= 0.6 is 0 Å². The fourth-order valence-electron chi connectivity index (χ4n) is 2.92. The highest BCUT2D eigenvalue weighted by molar-refractivity contribution is 5.94. The minimum atomic E-state index is -0.651. The second-order valence-corrected chi connectivity index (χ2v) is 5.70. The van der Waals surface area contributed by atoms with Crippen molar-refractivity contribution in [1.29, 1.82) is 0 Å². The molecule has 114 valence electrons. The Morgan fingerprint density at radius 3 is 2.64 bits per heavy atom. The van der Waals surface area contributed by atoms with Crippen LogP contribution < -0.4 is 5.32 Å². The molecule has 4 heteroatoms. The highest BCUT2D eigenvalue weighted by atomic mass is 19.1. The van der Waals surface area contributed by atoms with Gasteiger partial charge in [-0.05, 0) is 55.5 Å². The molecule has 0 fully saturated rings. The van der Waals surface area contributed by atoms with Crippen molar-refractivity contribution < 1.29 is 13.6 Å². The molecule has 1 aliphatic carbocycles. The topological polar surface area (TPSA) is 29.1 Å². The highest BCUT2D eigenvalue weighted by Crippen LogP contribution is 2.23. The van der Waals surface area contributed by atoms with Gasteiger partial charge in [0.05, 0.1) is 6.04 Å². The maximum absolute atomic E-state index is 13.7. The van der Waals surface area contributed by atoms with Crippen molar-refractivity contribution in [2.24, 2.45) is 0 Å². The van der Waals surface area contributed by atoms with Crippen LogP contribution in [0.4, 0.5) is 8.78 Å². The Kier molecular flexibility index (Phi) is 3.92. The second-order valence-electron chi connectivity index (χ2n) is 5.70. The van der Waals surface area contributed by atoms with Crippen LogP contribution in [0.5, 0.6) is 0 Å². The van der Waals surface area contributed by atoms with Gasteiger partial charge in [-0.25, -0.2) is 8.78 Å². The molecule has 0 radical (unpaired) electrons. The van der Waals surface area contributed by atoms with E-state index >= 15 is 0 Å². The third-order valence-electron chi connectivity index (χ3n) is 4.14. The van der Waals surface area contributed by atoms with Crippen molar-refractivity contribution in [3.63, 3.8) is 0 Å². The lowest BCUT2D eigenvalue weighted by molar-refractivity contribution is 0.0939. The summed E-state index contributed by atoms with van der Waals surface area (Å²) in [5, 5.41) is 2.76. The van der Waals surface area contributed by atoms with Crippen molar-refractivity contribution in [2.75, 3.05) is 0 Å². The number of nitrogens with one attached hydrogen (secondary N) is 1. The predicted molar refractivity (Wildman–Crippen MR) is 80.7 cm³/mol. The molecule has 2 nitrogen and oxygen atoms in total. The molecule has 0 saturated carbocycles. The Morgan fingerprint density at radius 1 is 1.09 bits per heavy atom. The van der Waals surface area contributed by atoms with E-state index in [-0.39, 0.29) is 11.5 Å². The van der Waals surface area contributed by atoms with Crippen LogP contribution in [0.2, 0.25) is 0 Å². The molecular weight excluding hydrogens is 284 g/mol. The number of halogens is 2. The number of aryl methyl sites for hydroxylation is 2. The predicted octanol–water partition coefficient (Wildman–Crippen LogP) is 3.94. The quantitative estimate of drug-likeness (QED) is 0.914. The van der Waals surface area contributed by atoms with Crippen LogP contribution in [0.3, 0.4) is 0 Å². The van der Waals surface area contributed by atoms with Gasteiger partial charge in [0.25, 0.3) is 5.91 Å². The average Bonchev–Trinajstić information content (AvgIpc) is 2.94. The van der Waals surface area contributed by atoms with Crippen molar-refractivity contribution >= 4 is 5.91 Å². The summed E-state index contributed by atoms with van der Waals surface area (Å²) in [6.07, 6.45) is 3.19. The van der Waals surface area contributed by atoms with Crippen LogP contribution in [0.1, 0.15) is 46.4 Å². The Balaban J connectivity index is 1.76. The van der Waals surface area contributed by atoms with E-state index in [1.165, 1.54) is 23.3 Å². The Morgan fingerprint density at radius 2 is 1.86 bits per heavy atom. The summed E-state index contributed by atoms with van der Waals surface area (Å²) >= 11 is 0. The minimum Gasteiger partial charge on any atom is -0.345 e. The first-order valence-corrected chi connectivity index (χ1v) is 7.42. The molecule has 22 heavy (non-hydrogen) atoms. The van der Waals surface area contributed by atoms with E-state index in [0.29, 0.717) is 5.56 Å². The van der Waals surface area contributed by atoms with E-state index in [4.69, 9.17) is 0 Å². The molecule has 2 aromatic rings. The number of benzene rings is 2. The minimum absolute atomic E-state index is 0.245. The molecule has 1 atom stereocenters. The summed E-state index contributed by atoms with van der Waals surface area (Å²) in [4.78, 5) is 12.3. The fraction of sp³-hybridized carbons (Fsp3) is 0.278. The number of hydrogen-bond donors (Lipinski definition) is 1. The van der Waals surface area contributed by atoms with Gasteiger partial charge in [0.1, 0.15) is 11.6 Å². The third-order valence-corrected chi connectivity index (χ3v) is 4.14. The molecule has 0 aromatic heterocycles. The SMILES string of the molecule is C[C@H](NC(=O)c1ccc2c(c1)CCC2)c1ccc(F)cc1F. The lowest BCUT2D eigenvalue weighted by Gasteiger charge is -2.15. The number of carbonyl (C=O) groups excluding carboxylic acids is 1. The summed E-state index contributed by atoms with van der Waals surface area (Å²) in [6.45, 7) is 1.68. The van der Waals surface area contributed by atoms with Gasteiger partial charge in [-0.1, -0.05) is 12.1 Å². The van der Waals surface area contributed by atoms with Gasteiger partial charge in [0, 0.05) is 17.2 Å². The van der Waals surface area contributed by atoms with Gasteiger partial charge in [0.2, 0.25) is 0 Å². The summed E-state index contributed by atoms with van der Waals surface area (Å²) in [6, 6.07) is 8.54. The highest BCUT2D eigenvalue weighted by Gasteiger charge is 2.17. The van der Waals surface area contributed by atoms with E-state index in [9.17, 15) is 13.6 Å². The molecule has 1 amide bonds. The zero-order valence-corrected chi connectivity index (χ0v) is 12.3. The molecule has 3 rings (SSSR count). The first kappa shape index (κ1) is 14.7. The first-order chi connectivity index (χ1) is 10.5. The van der Waals surface area contributed by atoms with Crippen LogP contribution in [-0.2, 0) is 12.8 Å². The summed E-state index contributed by atoms with van der Waals surface area (Å²) in [7, 11) is 0. The van der Waals surface area contributed by atoms with E-state index in [0.717, 1.165) is 25.3 Å². The maximum atomic E-state index is 13.7. The third kappa shape index (κ3) is 2.86. The monoisotopic (exact) mass is 301 g/mol. The Labute approximate surface area is 128 Å². The largest absolute Gasteiger partial charge is 0.345 e. The zero-order valence-electron chi connectivity index (χ0n) is 12.3. The van der Waals surface area contributed by atoms with E-state index in [2.05, 4.69) is 5.32 Å². The molecule has 0 saturated heterocycles. The van der Waals surface area contributed by atoms with Crippen molar-refractivity contribution in [2.45, 2.75) is 32.2 Å². The molecule has 0 aliphatic heterocycles. The van der Waals surface area contributed by atoms with Crippen LogP contribution in [0.15, 0.2) is 36.4 Å². The Hall–Kier alpha value is -2.23. The lowest BCUT2D eigenvalue weighted by atomic mass is 10.0. The van der Waals surface area contributed by atoms with Crippen LogP contribution in [0, 0.1) is 11.6 Å². The summed E-state index contributed by atoms with van der Waals surface area (Å²) < 4.78 is 26.7. The van der Waals surface area contributed by atoms with Crippen molar-refractivity contribution in [1.82, 2.24) is 5.32 Å². The normalized spacial score (nSPS) is 14.5. The van der Waals surface area contributed by atoms with Crippen molar-refractivity contribution in [3.05, 3.63) is 70.3 Å². The molecule has 1 N–H and O–H groups in total. The first-order valence-electron chi connectivity index (χ1n) is 7.42. The van der Waals surface area contributed by atoms with Crippen LogP contribution in [0.25, 0.3) is 0 Å². The smallest absolute Gasteiger partial charge is 0.251 e. The second kappa shape index (κ2) is 5.87. The number of rotatable bonds is 3. The standard InChI is InChI=1S/C18H17F2NO/c1-11(16-8-7-15(19)10-17(16)20)21-18(22)14-6-5-12-3-2-4-13(12)9-14/h5-11H,2-4H2,1H3,(H,21,22)/t11-/m0/s1. The maximum Gasteiger partial charge on any atom is 0.251 e. The number of carbonyl (C=O) groups is 1. The zero-order chi connectivity index (χ0) is 15.7. The molecule has 0 spiro atoms. The average molecular weight is 301 g/mol. The van der Waals surface area contributed by atoms with E-state index in [1.807, 2.05) is 12.1 Å². The number of amides is 1. The summed E-state index contributed by atoms with van der Waals surface area (Å²) in [5.41, 5.74) is 3.37.